The maximum atomic E-state index is 8.25. The van der Waals surface area contributed by atoms with E-state index in [0.717, 1.165) is 18.5 Å². The number of nitrogen functional groups attached to an aromatic ring is 1. The standard InChI is InChI=1S/C7H10N4.ClH/c8-4-2-1-3-6-5-10-7(9)11-6;/h5H,1-3H2,(H3,9,10,11);1H. The van der Waals surface area contributed by atoms with Crippen molar-refractivity contribution in [2.45, 2.75) is 19.3 Å². The second kappa shape index (κ2) is 5.44. The van der Waals surface area contributed by atoms with Crippen molar-refractivity contribution >= 4 is 18.4 Å². The van der Waals surface area contributed by atoms with Gasteiger partial charge in [-0.1, -0.05) is 0 Å². The zero-order valence-electron chi connectivity index (χ0n) is 6.58. The molecule has 1 rings (SSSR count). The molecular weight excluding hydrogens is 176 g/mol. The molecule has 0 radical (unpaired) electrons. The SMILES string of the molecule is Cl.N#CCCCc1cnc(N)[nH]1. The number of nitriles is 1. The van der Waals surface area contributed by atoms with Crippen molar-refractivity contribution in [3.8, 4) is 6.07 Å². The van der Waals surface area contributed by atoms with Gasteiger partial charge < -0.3 is 10.7 Å². The fourth-order valence-electron chi connectivity index (χ4n) is 0.861. The van der Waals surface area contributed by atoms with Crippen molar-refractivity contribution in [1.82, 2.24) is 9.97 Å². The van der Waals surface area contributed by atoms with Crippen LogP contribution in [0.3, 0.4) is 0 Å². The molecule has 1 heterocycles. The second-order valence-corrected chi connectivity index (χ2v) is 2.31. The van der Waals surface area contributed by atoms with Crippen LogP contribution >= 0.6 is 12.4 Å². The van der Waals surface area contributed by atoms with Crippen LogP contribution in [-0.2, 0) is 6.42 Å². The molecule has 0 fully saturated rings. The predicted molar refractivity (Wildman–Crippen MR) is 48.8 cm³/mol. The molecule has 0 bridgehead atoms. The van der Waals surface area contributed by atoms with E-state index in [1.54, 1.807) is 6.20 Å². The summed E-state index contributed by atoms with van der Waals surface area (Å²) in [5.41, 5.74) is 6.35. The van der Waals surface area contributed by atoms with E-state index >= 15 is 0 Å². The number of aromatic nitrogens is 2. The molecule has 12 heavy (non-hydrogen) atoms. The van der Waals surface area contributed by atoms with Crippen molar-refractivity contribution in [2.75, 3.05) is 5.73 Å². The summed E-state index contributed by atoms with van der Waals surface area (Å²) >= 11 is 0. The van der Waals surface area contributed by atoms with Crippen LogP contribution in [0.4, 0.5) is 5.95 Å². The average Bonchev–Trinajstić information content (AvgIpc) is 2.37. The maximum Gasteiger partial charge on any atom is 0.197 e. The van der Waals surface area contributed by atoms with E-state index in [9.17, 15) is 0 Å². The van der Waals surface area contributed by atoms with Crippen LogP contribution in [0, 0.1) is 11.3 Å². The van der Waals surface area contributed by atoms with Crippen molar-refractivity contribution in [3.63, 3.8) is 0 Å². The van der Waals surface area contributed by atoms with Crippen LogP contribution in [0.5, 0.6) is 0 Å². The molecule has 1 aromatic rings. The first-order valence-electron chi connectivity index (χ1n) is 3.49. The summed E-state index contributed by atoms with van der Waals surface area (Å²) in [6.45, 7) is 0. The summed E-state index contributed by atoms with van der Waals surface area (Å²) in [7, 11) is 0. The number of hydrogen-bond acceptors (Lipinski definition) is 3. The number of imidazole rings is 1. The Balaban J connectivity index is 0.00000121. The third kappa shape index (κ3) is 3.26. The largest absolute Gasteiger partial charge is 0.369 e. The van der Waals surface area contributed by atoms with Gasteiger partial charge in [-0.25, -0.2) is 4.98 Å². The first-order valence-corrected chi connectivity index (χ1v) is 3.49. The average molecular weight is 187 g/mol. The number of halogens is 1. The first-order chi connectivity index (χ1) is 5.33. The molecule has 5 heteroatoms. The molecule has 0 amide bonds. The van der Waals surface area contributed by atoms with Gasteiger partial charge in [0.25, 0.3) is 0 Å². The number of H-pyrrole nitrogens is 1. The Bertz CT molecular complexity index is 263. The Hall–Kier alpha value is -1.21. The molecule has 0 atom stereocenters. The molecule has 3 N–H and O–H groups in total. The van der Waals surface area contributed by atoms with Crippen molar-refractivity contribution < 1.29 is 0 Å². The van der Waals surface area contributed by atoms with Crippen LogP contribution in [-0.4, -0.2) is 9.97 Å². The van der Waals surface area contributed by atoms with Gasteiger partial charge in [0.2, 0.25) is 0 Å². The quantitative estimate of drug-likeness (QED) is 0.698. The second-order valence-electron chi connectivity index (χ2n) is 2.31. The molecule has 0 aliphatic carbocycles. The van der Waals surface area contributed by atoms with E-state index in [2.05, 4.69) is 16.0 Å². The highest BCUT2D eigenvalue weighted by atomic mass is 35.5. The lowest BCUT2D eigenvalue weighted by Gasteiger charge is -1.90. The lowest BCUT2D eigenvalue weighted by Crippen LogP contribution is -1.88. The predicted octanol–water partition coefficient (Wildman–Crippen LogP) is 1.26. The molecule has 0 spiro atoms. The monoisotopic (exact) mass is 186 g/mol. The van der Waals surface area contributed by atoms with E-state index in [1.165, 1.54) is 0 Å². The minimum atomic E-state index is 0. The number of aromatic amines is 1. The third-order valence-corrected chi connectivity index (χ3v) is 1.38. The summed E-state index contributed by atoms with van der Waals surface area (Å²) in [4.78, 5) is 6.73. The number of unbranched alkanes of at least 4 members (excludes halogenated alkanes) is 1. The topological polar surface area (TPSA) is 78.5 Å². The van der Waals surface area contributed by atoms with Crippen LogP contribution in [0.25, 0.3) is 0 Å². The van der Waals surface area contributed by atoms with Crippen LogP contribution in [0.1, 0.15) is 18.5 Å². The van der Waals surface area contributed by atoms with Gasteiger partial charge in [0.05, 0.1) is 12.3 Å². The van der Waals surface area contributed by atoms with E-state index in [0.29, 0.717) is 12.4 Å². The van der Waals surface area contributed by atoms with Crippen molar-refractivity contribution in [3.05, 3.63) is 11.9 Å². The Labute approximate surface area is 77.2 Å². The van der Waals surface area contributed by atoms with E-state index in [4.69, 9.17) is 11.0 Å². The van der Waals surface area contributed by atoms with Gasteiger partial charge in [0, 0.05) is 12.1 Å². The van der Waals surface area contributed by atoms with E-state index < -0.39 is 0 Å². The Morgan fingerprint density at radius 3 is 2.92 bits per heavy atom. The number of anilines is 1. The van der Waals surface area contributed by atoms with E-state index in [-0.39, 0.29) is 12.4 Å². The van der Waals surface area contributed by atoms with Crippen LogP contribution in [0.15, 0.2) is 6.20 Å². The van der Waals surface area contributed by atoms with Gasteiger partial charge in [-0.15, -0.1) is 12.4 Å². The number of hydrogen-bond donors (Lipinski definition) is 2. The zero-order chi connectivity index (χ0) is 8.10. The van der Waals surface area contributed by atoms with Gasteiger partial charge in [-0.3, -0.25) is 0 Å². The minimum absolute atomic E-state index is 0. The van der Waals surface area contributed by atoms with Crippen LogP contribution < -0.4 is 5.73 Å². The molecule has 4 nitrogen and oxygen atoms in total. The molecule has 0 aliphatic rings. The normalized spacial score (nSPS) is 8.58. The van der Waals surface area contributed by atoms with Gasteiger partial charge in [-0.2, -0.15) is 5.26 Å². The Kier molecular flexibility index (Phi) is 4.89. The molecular formula is C7H11ClN4. The molecule has 0 saturated carbocycles. The molecule has 0 aliphatic heterocycles. The van der Waals surface area contributed by atoms with Gasteiger partial charge in [0.15, 0.2) is 5.95 Å². The van der Waals surface area contributed by atoms with Gasteiger partial charge >= 0.3 is 0 Å². The maximum absolute atomic E-state index is 8.25. The summed E-state index contributed by atoms with van der Waals surface area (Å²) in [6.07, 6.45) is 3.99. The Morgan fingerprint density at radius 2 is 2.42 bits per heavy atom. The zero-order valence-corrected chi connectivity index (χ0v) is 7.40. The first kappa shape index (κ1) is 10.8. The summed E-state index contributed by atoms with van der Waals surface area (Å²) in [5, 5.41) is 8.25. The number of nitrogens with two attached hydrogens (primary N) is 1. The number of nitrogens with one attached hydrogen (secondary N) is 1. The van der Waals surface area contributed by atoms with Crippen molar-refractivity contribution in [1.29, 1.82) is 5.26 Å². The molecule has 0 saturated heterocycles. The van der Waals surface area contributed by atoms with Gasteiger partial charge in [-0.05, 0) is 12.8 Å². The van der Waals surface area contributed by atoms with Gasteiger partial charge in [0.1, 0.15) is 0 Å². The fraction of sp³-hybridized carbons (Fsp3) is 0.429. The summed E-state index contributed by atoms with van der Waals surface area (Å²) in [5.74, 6) is 0.442. The highest BCUT2D eigenvalue weighted by molar-refractivity contribution is 5.85. The summed E-state index contributed by atoms with van der Waals surface area (Å²) in [6, 6.07) is 2.08. The number of nitrogens with zero attached hydrogens (tertiary/aromatic N) is 2. The van der Waals surface area contributed by atoms with E-state index in [1.807, 2.05) is 0 Å². The molecule has 66 valence electrons. The lowest BCUT2D eigenvalue weighted by molar-refractivity contribution is 0.831. The van der Waals surface area contributed by atoms with Crippen LogP contribution in [0.2, 0.25) is 0 Å². The Morgan fingerprint density at radius 1 is 1.67 bits per heavy atom. The lowest BCUT2D eigenvalue weighted by atomic mass is 10.2. The number of aryl methyl sites for hydroxylation is 1. The fourth-order valence-corrected chi connectivity index (χ4v) is 0.861. The highest BCUT2D eigenvalue weighted by Crippen LogP contribution is 2.02. The highest BCUT2D eigenvalue weighted by Gasteiger charge is 1.95. The molecule has 0 aromatic carbocycles. The molecule has 0 unspecified atom stereocenters. The van der Waals surface area contributed by atoms with Crippen molar-refractivity contribution in [2.24, 2.45) is 0 Å². The number of rotatable bonds is 3. The minimum Gasteiger partial charge on any atom is -0.369 e. The third-order valence-electron chi connectivity index (χ3n) is 1.38. The molecule has 1 aromatic heterocycles. The summed E-state index contributed by atoms with van der Waals surface area (Å²) < 4.78 is 0. The smallest absolute Gasteiger partial charge is 0.197 e.